The molecular weight excluding hydrogens is 238 g/mol. The van der Waals surface area contributed by atoms with Crippen LogP contribution in [0.5, 0.6) is 0 Å². The van der Waals surface area contributed by atoms with Gasteiger partial charge in [0, 0.05) is 6.54 Å². The van der Waals surface area contributed by atoms with Gasteiger partial charge in [0.1, 0.15) is 0 Å². The maximum atomic E-state index is 11.6. The first-order chi connectivity index (χ1) is 9.06. The highest BCUT2D eigenvalue weighted by molar-refractivity contribution is 5.72. The van der Waals surface area contributed by atoms with Gasteiger partial charge < -0.3 is 10.5 Å². The van der Waals surface area contributed by atoms with Crippen LogP contribution in [0.15, 0.2) is 29.8 Å². The Bertz CT molecular complexity index is 435. The third kappa shape index (κ3) is 5.26. The molecule has 0 saturated carbocycles. The normalized spacial score (nSPS) is 13.2. The lowest BCUT2D eigenvalue weighted by atomic mass is 10.00. The Kier molecular flexibility index (Phi) is 6.30. The minimum atomic E-state index is -0.131. The van der Waals surface area contributed by atoms with Crippen molar-refractivity contribution in [1.29, 1.82) is 0 Å². The van der Waals surface area contributed by atoms with Gasteiger partial charge in [0.25, 0.3) is 0 Å². The van der Waals surface area contributed by atoms with Gasteiger partial charge in [-0.05, 0) is 31.4 Å². The zero-order valence-corrected chi connectivity index (χ0v) is 12.0. The van der Waals surface area contributed by atoms with E-state index in [1.54, 1.807) is 0 Å². The van der Waals surface area contributed by atoms with Crippen molar-refractivity contribution < 1.29 is 9.53 Å². The van der Waals surface area contributed by atoms with E-state index in [2.05, 4.69) is 6.08 Å². The molecule has 3 heteroatoms. The molecule has 0 spiro atoms. The number of allylic oxidation sites excluding steroid dienone is 1. The van der Waals surface area contributed by atoms with E-state index in [1.807, 2.05) is 45.0 Å². The molecule has 0 heterocycles. The van der Waals surface area contributed by atoms with Crippen molar-refractivity contribution in [3.8, 4) is 0 Å². The van der Waals surface area contributed by atoms with Crippen LogP contribution in [0.2, 0.25) is 0 Å². The van der Waals surface area contributed by atoms with E-state index in [1.165, 1.54) is 5.57 Å². The summed E-state index contributed by atoms with van der Waals surface area (Å²) in [5, 5.41) is 0. The highest BCUT2D eigenvalue weighted by atomic mass is 16.5. The first-order valence-electron chi connectivity index (χ1n) is 6.69. The summed E-state index contributed by atoms with van der Waals surface area (Å²) >= 11 is 0. The summed E-state index contributed by atoms with van der Waals surface area (Å²) in [7, 11) is 0. The standard InChI is InChI=1S/C16H23NO2/c1-4-19-16(18)13(3)9-12(2)10-14-5-7-15(11-17)8-6-14/h5-8,10,13H,4,9,11,17H2,1-3H3/b12-10+. The van der Waals surface area contributed by atoms with Crippen LogP contribution in [0.25, 0.3) is 6.08 Å². The molecule has 1 unspecified atom stereocenters. The summed E-state index contributed by atoms with van der Waals surface area (Å²) in [6, 6.07) is 8.13. The maximum Gasteiger partial charge on any atom is 0.308 e. The third-order valence-corrected chi connectivity index (χ3v) is 2.95. The molecule has 0 aliphatic carbocycles. The lowest BCUT2D eigenvalue weighted by Crippen LogP contribution is -2.14. The monoisotopic (exact) mass is 261 g/mol. The van der Waals surface area contributed by atoms with Crippen LogP contribution < -0.4 is 5.73 Å². The zero-order valence-electron chi connectivity index (χ0n) is 12.0. The predicted molar refractivity (Wildman–Crippen MR) is 78.4 cm³/mol. The first-order valence-corrected chi connectivity index (χ1v) is 6.69. The molecule has 0 saturated heterocycles. The molecule has 0 aliphatic heterocycles. The number of nitrogens with two attached hydrogens (primary N) is 1. The summed E-state index contributed by atoms with van der Waals surface area (Å²) in [5.41, 5.74) is 8.98. The lowest BCUT2D eigenvalue weighted by Gasteiger charge is -2.10. The van der Waals surface area contributed by atoms with Crippen molar-refractivity contribution in [3.05, 3.63) is 41.0 Å². The van der Waals surface area contributed by atoms with Gasteiger partial charge in [-0.15, -0.1) is 0 Å². The van der Waals surface area contributed by atoms with Crippen molar-refractivity contribution in [1.82, 2.24) is 0 Å². The number of rotatable bonds is 6. The molecule has 1 atom stereocenters. The van der Waals surface area contributed by atoms with Crippen molar-refractivity contribution in [3.63, 3.8) is 0 Å². The van der Waals surface area contributed by atoms with Gasteiger partial charge in [-0.2, -0.15) is 0 Å². The average Bonchev–Trinajstić information content (AvgIpc) is 2.39. The van der Waals surface area contributed by atoms with Crippen LogP contribution >= 0.6 is 0 Å². The van der Waals surface area contributed by atoms with E-state index in [0.29, 0.717) is 13.2 Å². The Labute approximate surface area is 115 Å². The summed E-state index contributed by atoms with van der Waals surface area (Å²) in [5.74, 6) is -0.228. The number of benzene rings is 1. The maximum absolute atomic E-state index is 11.6. The van der Waals surface area contributed by atoms with E-state index in [0.717, 1.165) is 17.5 Å². The number of esters is 1. The highest BCUT2D eigenvalue weighted by Crippen LogP contribution is 2.16. The van der Waals surface area contributed by atoms with Crippen LogP contribution in [0.3, 0.4) is 0 Å². The molecule has 0 aromatic heterocycles. The van der Waals surface area contributed by atoms with Gasteiger partial charge in [0.2, 0.25) is 0 Å². The fourth-order valence-corrected chi connectivity index (χ4v) is 1.94. The second-order valence-corrected chi connectivity index (χ2v) is 4.79. The van der Waals surface area contributed by atoms with Crippen molar-refractivity contribution in [2.24, 2.45) is 11.7 Å². The number of hydrogen-bond donors (Lipinski definition) is 1. The van der Waals surface area contributed by atoms with Gasteiger partial charge in [-0.25, -0.2) is 0 Å². The van der Waals surface area contributed by atoms with E-state index in [-0.39, 0.29) is 11.9 Å². The van der Waals surface area contributed by atoms with Gasteiger partial charge in [0.05, 0.1) is 12.5 Å². The molecule has 1 rings (SSSR count). The highest BCUT2D eigenvalue weighted by Gasteiger charge is 2.13. The van der Waals surface area contributed by atoms with Gasteiger partial charge >= 0.3 is 5.97 Å². The molecular formula is C16H23NO2. The van der Waals surface area contributed by atoms with E-state index >= 15 is 0 Å². The molecule has 1 aromatic carbocycles. The molecule has 0 radical (unpaired) electrons. The quantitative estimate of drug-likeness (QED) is 0.800. The van der Waals surface area contributed by atoms with Gasteiger partial charge in [0.15, 0.2) is 0 Å². The molecule has 0 fully saturated rings. The van der Waals surface area contributed by atoms with Crippen LogP contribution in [0, 0.1) is 5.92 Å². The van der Waals surface area contributed by atoms with Crippen LogP contribution in [-0.2, 0) is 16.1 Å². The second-order valence-electron chi connectivity index (χ2n) is 4.79. The number of ether oxygens (including phenoxy) is 1. The summed E-state index contributed by atoms with van der Waals surface area (Å²) < 4.78 is 5.00. The molecule has 19 heavy (non-hydrogen) atoms. The Morgan fingerprint density at radius 1 is 1.37 bits per heavy atom. The zero-order chi connectivity index (χ0) is 14.3. The minimum Gasteiger partial charge on any atom is -0.466 e. The number of hydrogen-bond acceptors (Lipinski definition) is 3. The molecule has 3 nitrogen and oxygen atoms in total. The van der Waals surface area contributed by atoms with Crippen molar-refractivity contribution >= 4 is 12.0 Å². The van der Waals surface area contributed by atoms with Crippen molar-refractivity contribution in [2.45, 2.75) is 33.7 Å². The first kappa shape index (κ1) is 15.4. The second kappa shape index (κ2) is 7.74. The van der Waals surface area contributed by atoms with Gasteiger partial charge in [-0.1, -0.05) is 42.8 Å². The average molecular weight is 261 g/mol. The molecule has 0 aliphatic rings. The van der Waals surface area contributed by atoms with Crippen LogP contribution in [0.4, 0.5) is 0 Å². The lowest BCUT2D eigenvalue weighted by molar-refractivity contribution is -0.147. The van der Waals surface area contributed by atoms with Crippen LogP contribution in [0.1, 0.15) is 38.3 Å². The van der Waals surface area contributed by atoms with Crippen LogP contribution in [-0.4, -0.2) is 12.6 Å². The predicted octanol–water partition coefficient (Wildman–Crippen LogP) is 3.14. The minimum absolute atomic E-state index is 0.0977. The fraction of sp³-hybridized carbons (Fsp3) is 0.438. The van der Waals surface area contributed by atoms with E-state index < -0.39 is 0 Å². The third-order valence-electron chi connectivity index (χ3n) is 2.95. The Hall–Kier alpha value is -1.61. The summed E-state index contributed by atoms with van der Waals surface area (Å²) in [4.78, 5) is 11.6. The fourth-order valence-electron chi connectivity index (χ4n) is 1.94. The molecule has 2 N–H and O–H groups in total. The number of carbonyl (C=O) groups excluding carboxylic acids is 1. The largest absolute Gasteiger partial charge is 0.466 e. The Balaban J connectivity index is 2.62. The molecule has 1 aromatic rings. The summed E-state index contributed by atoms with van der Waals surface area (Å²) in [6.07, 6.45) is 2.81. The van der Waals surface area contributed by atoms with Gasteiger partial charge in [-0.3, -0.25) is 4.79 Å². The number of carbonyl (C=O) groups is 1. The van der Waals surface area contributed by atoms with E-state index in [4.69, 9.17) is 10.5 Å². The topological polar surface area (TPSA) is 52.3 Å². The molecule has 104 valence electrons. The summed E-state index contributed by atoms with van der Waals surface area (Å²) in [6.45, 7) is 6.75. The van der Waals surface area contributed by atoms with Crippen molar-refractivity contribution in [2.75, 3.05) is 6.61 Å². The molecule has 0 amide bonds. The van der Waals surface area contributed by atoms with E-state index in [9.17, 15) is 4.79 Å². The molecule has 0 bridgehead atoms. The SMILES string of the molecule is CCOC(=O)C(C)C/C(C)=C/c1ccc(CN)cc1. The Morgan fingerprint density at radius 3 is 2.53 bits per heavy atom. The smallest absolute Gasteiger partial charge is 0.308 e. The Morgan fingerprint density at radius 2 is 2.00 bits per heavy atom.